The second-order valence-electron chi connectivity index (χ2n) is 7.88. The summed E-state index contributed by atoms with van der Waals surface area (Å²) in [5.74, 6) is 0.943. The average molecular weight is 441 g/mol. The molecule has 5 aromatic rings. The zero-order chi connectivity index (χ0) is 23.1. The summed E-state index contributed by atoms with van der Waals surface area (Å²) in [6.07, 6.45) is 0. The van der Waals surface area contributed by atoms with Crippen LogP contribution in [0.2, 0.25) is 0 Å². The Balaban J connectivity index is 1.54. The van der Waals surface area contributed by atoms with Crippen molar-refractivity contribution in [3.8, 4) is 22.9 Å². The highest BCUT2D eigenvalue weighted by molar-refractivity contribution is 6.08. The Hall–Kier alpha value is -4.26. The zero-order valence-electron chi connectivity index (χ0n) is 18.9. The van der Waals surface area contributed by atoms with Crippen molar-refractivity contribution in [2.75, 3.05) is 19.5 Å². The molecule has 0 fully saturated rings. The Morgan fingerprint density at radius 2 is 1.67 bits per heavy atom. The lowest BCUT2D eigenvalue weighted by molar-refractivity contribution is 0.102. The van der Waals surface area contributed by atoms with Crippen LogP contribution in [0.15, 0.2) is 66.7 Å². The first-order valence-electron chi connectivity index (χ1n) is 10.5. The number of methoxy groups -OCH3 is 2. The number of anilines is 1. The molecule has 7 nitrogen and oxygen atoms in total. The van der Waals surface area contributed by atoms with Crippen LogP contribution in [0.5, 0.6) is 11.5 Å². The van der Waals surface area contributed by atoms with Crippen molar-refractivity contribution in [3.63, 3.8) is 0 Å². The molecule has 0 unspecified atom stereocenters. The number of hydrogen-bond donors (Lipinski definition) is 1. The lowest BCUT2D eigenvalue weighted by Crippen LogP contribution is -2.12. The Morgan fingerprint density at radius 3 is 2.42 bits per heavy atom. The zero-order valence-corrected chi connectivity index (χ0v) is 18.9. The van der Waals surface area contributed by atoms with Gasteiger partial charge in [0.05, 0.1) is 25.4 Å². The predicted octanol–water partition coefficient (Wildman–Crippen LogP) is 5.00. The van der Waals surface area contributed by atoms with E-state index in [0.29, 0.717) is 22.7 Å². The lowest BCUT2D eigenvalue weighted by Gasteiger charge is -2.11. The van der Waals surface area contributed by atoms with Gasteiger partial charge in [-0.2, -0.15) is 5.10 Å². The van der Waals surface area contributed by atoms with Gasteiger partial charge in [0.2, 0.25) is 0 Å². The van der Waals surface area contributed by atoms with E-state index in [1.54, 1.807) is 32.4 Å². The van der Waals surface area contributed by atoms with Crippen LogP contribution < -0.4 is 14.8 Å². The highest BCUT2D eigenvalue weighted by Gasteiger charge is 2.18. The number of carbonyl (C=O) groups is 1. The average Bonchev–Trinajstić information content (AvgIpc) is 3.35. The molecule has 2 aromatic heterocycles. The largest absolute Gasteiger partial charge is 0.493 e. The topological polar surface area (TPSA) is 70.3 Å². The maximum Gasteiger partial charge on any atom is 0.255 e. The summed E-state index contributed by atoms with van der Waals surface area (Å²) in [7, 11) is 7.09. The fourth-order valence-electron chi connectivity index (χ4n) is 4.23. The van der Waals surface area contributed by atoms with Gasteiger partial charge in [-0.1, -0.05) is 18.2 Å². The highest BCUT2D eigenvalue weighted by Crippen LogP contribution is 2.33. The lowest BCUT2D eigenvalue weighted by atomic mass is 10.1. The monoisotopic (exact) mass is 440 g/mol. The van der Waals surface area contributed by atoms with Crippen LogP contribution in [-0.2, 0) is 14.1 Å². The molecule has 33 heavy (non-hydrogen) atoms. The number of aryl methyl sites for hydroxylation is 2. The van der Waals surface area contributed by atoms with Crippen molar-refractivity contribution in [2.45, 2.75) is 0 Å². The Kier molecular flexibility index (Phi) is 5.01. The number of fused-ring (bicyclic) bond motifs is 2. The van der Waals surface area contributed by atoms with E-state index in [4.69, 9.17) is 14.6 Å². The van der Waals surface area contributed by atoms with E-state index in [1.807, 2.05) is 49.1 Å². The molecule has 0 spiro atoms. The summed E-state index contributed by atoms with van der Waals surface area (Å²) in [5, 5.41) is 9.79. The number of carbonyl (C=O) groups excluding carboxylic acids is 1. The number of amides is 1. The third kappa shape index (κ3) is 3.47. The number of para-hydroxylation sites is 1. The molecule has 1 amide bonds. The van der Waals surface area contributed by atoms with E-state index >= 15 is 0 Å². The Morgan fingerprint density at radius 1 is 0.879 bits per heavy atom. The summed E-state index contributed by atoms with van der Waals surface area (Å²) in [6, 6.07) is 21.3. The van der Waals surface area contributed by atoms with Crippen LogP contribution in [0, 0.1) is 0 Å². The normalized spacial score (nSPS) is 11.2. The molecule has 166 valence electrons. The van der Waals surface area contributed by atoms with E-state index in [1.165, 1.54) is 0 Å². The van der Waals surface area contributed by atoms with Crippen molar-refractivity contribution in [1.29, 1.82) is 0 Å². The number of nitrogens with one attached hydrogen (secondary N) is 1. The molecule has 3 aromatic carbocycles. The predicted molar refractivity (Wildman–Crippen MR) is 130 cm³/mol. The van der Waals surface area contributed by atoms with Crippen molar-refractivity contribution in [2.24, 2.45) is 14.1 Å². The van der Waals surface area contributed by atoms with Gasteiger partial charge < -0.3 is 19.4 Å². The van der Waals surface area contributed by atoms with Gasteiger partial charge in [0, 0.05) is 47.7 Å². The van der Waals surface area contributed by atoms with Gasteiger partial charge in [-0.15, -0.1) is 0 Å². The van der Waals surface area contributed by atoms with Crippen LogP contribution in [-0.4, -0.2) is 34.5 Å². The number of aromatic nitrogens is 3. The third-order valence-corrected chi connectivity index (χ3v) is 5.95. The second kappa shape index (κ2) is 8.02. The number of nitrogens with zero attached hydrogens (tertiary/aromatic N) is 3. The molecule has 0 radical (unpaired) electrons. The summed E-state index contributed by atoms with van der Waals surface area (Å²) in [4.78, 5) is 13.1. The summed E-state index contributed by atoms with van der Waals surface area (Å²) < 4.78 is 14.6. The van der Waals surface area contributed by atoms with Crippen molar-refractivity contribution >= 4 is 33.4 Å². The smallest absolute Gasteiger partial charge is 0.255 e. The highest BCUT2D eigenvalue weighted by atomic mass is 16.5. The van der Waals surface area contributed by atoms with Gasteiger partial charge >= 0.3 is 0 Å². The molecule has 0 bridgehead atoms. The first kappa shape index (κ1) is 20.6. The van der Waals surface area contributed by atoms with Crippen LogP contribution in [0.3, 0.4) is 0 Å². The minimum absolute atomic E-state index is 0.212. The second-order valence-corrected chi connectivity index (χ2v) is 7.88. The summed E-state index contributed by atoms with van der Waals surface area (Å²) in [6.45, 7) is 0. The molecular formula is C26H24N4O3. The minimum atomic E-state index is -0.212. The molecule has 0 aliphatic rings. The fraction of sp³-hybridized carbons (Fsp3) is 0.154. The molecule has 0 aliphatic carbocycles. The molecule has 0 saturated carbocycles. The van der Waals surface area contributed by atoms with E-state index in [-0.39, 0.29) is 5.91 Å². The van der Waals surface area contributed by atoms with Gasteiger partial charge in [-0.05, 0) is 42.5 Å². The quantitative estimate of drug-likeness (QED) is 0.417. The van der Waals surface area contributed by atoms with Crippen molar-refractivity contribution in [1.82, 2.24) is 14.3 Å². The third-order valence-electron chi connectivity index (χ3n) is 5.95. The van der Waals surface area contributed by atoms with E-state index in [0.717, 1.165) is 33.2 Å². The first-order valence-corrected chi connectivity index (χ1v) is 10.5. The van der Waals surface area contributed by atoms with Gasteiger partial charge in [0.25, 0.3) is 5.91 Å². The molecule has 0 aliphatic heterocycles. The first-order chi connectivity index (χ1) is 16.0. The Labute approximate surface area is 191 Å². The molecular weight excluding hydrogens is 416 g/mol. The van der Waals surface area contributed by atoms with Crippen LogP contribution >= 0.6 is 0 Å². The summed E-state index contributed by atoms with van der Waals surface area (Å²) >= 11 is 0. The van der Waals surface area contributed by atoms with E-state index in [2.05, 4.69) is 28.1 Å². The van der Waals surface area contributed by atoms with Crippen LogP contribution in [0.4, 0.5) is 5.69 Å². The van der Waals surface area contributed by atoms with Gasteiger partial charge in [-0.25, -0.2) is 0 Å². The molecule has 5 rings (SSSR count). The van der Waals surface area contributed by atoms with Crippen LogP contribution in [0.25, 0.3) is 33.2 Å². The van der Waals surface area contributed by atoms with Gasteiger partial charge in [0.1, 0.15) is 5.69 Å². The number of ether oxygens (including phenoxy) is 2. The number of rotatable bonds is 5. The maximum absolute atomic E-state index is 13.1. The minimum Gasteiger partial charge on any atom is -0.493 e. The van der Waals surface area contributed by atoms with Gasteiger partial charge in [0.15, 0.2) is 11.5 Å². The maximum atomic E-state index is 13.1. The molecule has 0 atom stereocenters. The van der Waals surface area contributed by atoms with E-state index in [9.17, 15) is 4.79 Å². The fourth-order valence-corrected chi connectivity index (χ4v) is 4.23. The summed E-state index contributed by atoms with van der Waals surface area (Å²) in [5.41, 5.74) is 5.10. The molecule has 2 heterocycles. The number of hydrogen-bond acceptors (Lipinski definition) is 4. The van der Waals surface area contributed by atoms with Gasteiger partial charge in [-0.3, -0.25) is 9.48 Å². The molecule has 1 N–H and O–H groups in total. The number of benzene rings is 3. The Bertz CT molecular complexity index is 1510. The standard InChI is InChI=1S/C26H24N4O3/c1-29-20-8-6-5-7-16(20)14-22(29)25-19-13-17(9-11-21(19)30(2)28-25)26(31)27-18-10-12-23(32-3)24(15-18)33-4/h5-15H,1-4H3,(H,27,31). The van der Waals surface area contributed by atoms with Crippen molar-refractivity contribution < 1.29 is 14.3 Å². The van der Waals surface area contributed by atoms with Crippen molar-refractivity contribution in [3.05, 3.63) is 72.3 Å². The SMILES string of the molecule is COc1ccc(NC(=O)c2ccc3c(c2)c(-c2cc4ccccc4n2C)nn3C)cc1OC. The van der Waals surface area contributed by atoms with E-state index < -0.39 is 0 Å². The van der Waals surface area contributed by atoms with Crippen LogP contribution in [0.1, 0.15) is 10.4 Å². The molecule has 0 saturated heterocycles. The molecule has 7 heteroatoms.